The van der Waals surface area contributed by atoms with Gasteiger partial charge in [-0.25, -0.2) is 4.98 Å². The second kappa shape index (κ2) is 3.23. The number of pyridine rings is 1. The molecule has 2 rings (SSSR count). The van der Waals surface area contributed by atoms with Crippen LogP contribution in [0.1, 0.15) is 11.5 Å². The van der Waals surface area contributed by atoms with Gasteiger partial charge in [0, 0.05) is 5.69 Å². The molecule has 0 atom stereocenters. The van der Waals surface area contributed by atoms with Gasteiger partial charge in [-0.1, -0.05) is 6.07 Å². The van der Waals surface area contributed by atoms with Crippen molar-refractivity contribution in [1.29, 1.82) is 0 Å². The van der Waals surface area contributed by atoms with E-state index in [4.69, 9.17) is 0 Å². The van der Waals surface area contributed by atoms with Crippen molar-refractivity contribution < 1.29 is 13.2 Å². The lowest BCUT2D eigenvalue weighted by Crippen LogP contribution is -2.11. The maximum absolute atomic E-state index is 12.6. The van der Waals surface area contributed by atoms with Gasteiger partial charge in [-0.2, -0.15) is 13.2 Å². The molecule has 0 saturated heterocycles. The molecule has 0 N–H and O–H groups in total. The summed E-state index contributed by atoms with van der Waals surface area (Å²) in [5.41, 5.74) is 0.917. The van der Waals surface area contributed by atoms with Crippen LogP contribution in [0.5, 0.6) is 0 Å². The summed E-state index contributed by atoms with van der Waals surface area (Å²) in [7, 11) is 0. The number of hydrogen-bond acceptors (Lipinski definition) is 1. The van der Waals surface area contributed by atoms with Crippen LogP contribution in [0, 0.1) is 6.92 Å². The van der Waals surface area contributed by atoms with Crippen molar-refractivity contribution in [1.82, 2.24) is 9.38 Å². The smallest absolute Gasteiger partial charge is 0.292 e. The molecule has 2 aromatic heterocycles. The molecule has 2 heterocycles. The molecule has 0 aliphatic rings. The Bertz CT molecular complexity index is 516. The van der Waals surface area contributed by atoms with Crippen LogP contribution < -0.4 is 0 Å². The van der Waals surface area contributed by atoms with E-state index in [1.165, 1.54) is 0 Å². The molecule has 15 heavy (non-hydrogen) atoms. The van der Waals surface area contributed by atoms with E-state index in [9.17, 15) is 13.2 Å². The van der Waals surface area contributed by atoms with Gasteiger partial charge in [-0.15, -0.1) is 0 Å². The second-order valence-electron chi connectivity index (χ2n) is 3.11. The van der Waals surface area contributed by atoms with Gasteiger partial charge >= 0.3 is 6.18 Å². The third kappa shape index (κ3) is 1.62. The number of fused-ring (bicyclic) bond motifs is 1. The monoisotopic (exact) mass is 278 g/mol. The number of nitrogens with zero attached hydrogens (tertiary/aromatic N) is 2. The number of aromatic nitrogens is 2. The fourth-order valence-electron chi connectivity index (χ4n) is 1.45. The molecule has 0 unspecified atom stereocenters. The van der Waals surface area contributed by atoms with Gasteiger partial charge in [0.25, 0.3) is 0 Å². The van der Waals surface area contributed by atoms with Crippen molar-refractivity contribution in [3.63, 3.8) is 0 Å². The van der Waals surface area contributed by atoms with Crippen LogP contribution in [0.25, 0.3) is 5.52 Å². The SMILES string of the molecule is Cc1cccc2c(Br)nc(C(F)(F)F)n12. The highest BCUT2D eigenvalue weighted by Gasteiger charge is 2.37. The fourth-order valence-corrected chi connectivity index (χ4v) is 1.93. The first-order chi connectivity index (χ1) is 6.91. The second-order valence-corrected chi connectivity index (χ2v) is 3.86. The first kappa shape index (κ1) is 10.5. The van der Waals surface area contributed by atoms with Crippen LogP contribution in [-0.2, 0) is 6.18 Å². The zero-order chi connectivity index (χ0) is 11.2. The van der Waals surface area contributed by atoms with Gasteiger partial charge in [-0.05, 0) is 35.0 Å². The molecule has 0 bridgehead atoms. The Morgan fingerprint density at radius 2 is 2.00 bits per heavy atom. The van der Waals surface area contributed by atoms with Crippen molar-refractivity contribution in [2.75, 3.05) is 0 Å². The zero-order valence-electron chi connectivity index (χ0n) is 7.64. The maximum atomic E-state index is 12.6. The van der Waals surface area contributed by atoms with Gasteiger partial charge in [0.05, 0.1) is 5.52 Å². The van der Waals surface area contributed by atoms with Gasteiger partial charge in [0.15, 0.2) is 0 Å². The Kier molecular flexibility index (Phi) is 2.26. The van der Waals surface area contributed by atoms with Crippen molar-refractivity contribution in [3.8, 4) is 0 Å². The molecule has 0 aliphatic heterocycles. The van der Waals surface area contributed by atoms with Gasteiger partial charge in [0.2, 0.25) is 5.82 Å². The van der Waals surface area contributed by atoms with E-state index < -0.39 is 12.0 Å². The molecule has 80 valence electrons. The Hall–Kier alpha value is -1.04. The summed E-state index contributed by atoms with van der Waals surface area (Å²) in [6.07, 6.45) is -4.44. The number of aryl methyl sites for hydroxylation is 1. The van der Waals surface area contributed by atoms with E-state index in [0.717, 1.165) is 4.40 Å². The quantitative estimate of drug-likeness (QED) is 0.722. The molecule has 2 nitrogen and oxygen atoms in total. The lowest BCUT2D eigenvalue weighted by molar-refractivity contribution is -0.145. The minimum absolute atomic E-state index is 0.207. The maximum Gasteiger partial charge on any atom is 0.450 e. The van der Waals surface area contributed by atoms with Crippen LogP contribution in [0.4, 0.5) is 13.2 Å². The highest BCUT2D eigenvalue weighted by molar-refractivity contribution is 9.10. The predicted molar refractivity (Wildman–Crippen MR) is 52.6 cm³/mol. The molecule has 0 amide bonds. The van der Waals surface area contributed by atoms with Gasteiger partial charge in [0.1, 0.15) is 4.60 Å². The zero-order valence-corrected chi connectivity index (χ0v) is 9.22. The van der Waals surface area contributed by atoms with Crippen LogP contribution >= 0.6 is 15.9 Å². The standard InChI is InChI=1S/C9H6BrF3N2/c1-5-3-2-4-6-7(10)14-8(15(5)6)9(11,12)13/h2-4H,1H3. The minimum atomic E-state index is -4.44. The number of imidazole rings is 1. The molecule has 0 aromatic carbocycles. The van der Waals surface area contributed by atoms with E-state index in [1.54, 1.807) is 25.1 Å². The van der Waals surface area contributed by atoms with E-state index in [1.807, 2.05) is 0 Å². The Morgan fingerprint density at radius 1 is 1.33 bits per heavy atom. The molecule has 0 fully saturated rings. The first-order valence-electron chi connectivity index (χ1n) is 4.12. The molecule has 0 radical (unpaired) electrons. The van der Waals surface area contributed by atoms with Crippen molar-refractivity contribution in [2.45, 2.75) is 13.1 Å². The van der Waals surface area contributed by atoms with Crippen LogP contribution in [0.3, 0.4) is 0 Å². The summed E-state index contributed by atoms with van der Waals surface area (Å²) in [5.74, 6) is -0.900. The fraction of sp³-hybridized carbons (Fsp3) is 0.222. The van der Waals surface area contributed by atoms with Crippen LogP contribution in [0.15, 0.2) is 22.8 Å². The van der Waals surface area contributed by atoms with Crippen molar-refractivity contribution in [3.05, 3.63) is 34.3 Å². The number of hydrogen-bond donors (Lipinski definition) is 0. The molecular weight excluding hydrogens is 273 g/mol. The summed E-state index contributed by atoms with van der Waals surface area (Å²) in [6.45, 7) is 1.61. The molecule has 0 saturated carbocycles. The van der Waals surface area contributed by atoms with Crippen LogP contribution in [-0.4, -0.2) is 9.38 Å². The predicted octanol–water partition coefficient (Wildman–Crippen LogP) is 3.42. The summed E-state index contributed by atoms with van der Waals surface area (Å²) in [5, 5.41) is 0. The molecule has 0 spiro atoms. The number of halogens is 4. The Morgan fingerprint density at radius 3 is 2.60 bits per heavy atom. The summed E-state index contributed by atoms with van der Waals surface area (Å²) >= 11 is 3.01. The summed E-state index contributed by atoms with van der Waals surface area (Å²) < 4.78 is 39.1. The molecular formula is C9H6BrF3N2. The van der Waals surface area contributed by atoms with E-state index in [2.05, 4.69) is 20.9 Å². The third-order valence-corrected chi connectivity index (χ3v) is 2.65. The lowest BCUT2D eigenvalue weighted by Gasteiger charge is -2.07. The average molecular weight is 279 g/mol. The average Bonchev–Trinajstić information content (AvgIpc) is 2.45. The topological polar surface area (TPSA) is 17.3 Å². The highest BCUT2D eigenvalue weighted by atomic mass is 79.9. The minimum Gasteiger partial charge on any atom is -0.292 e. The van der Waals surface area contributed by atoms with E-state index in [0.29, 0.717) is 11.2 Å². The van der Waals surface area contributed by atoms with Crippen LogP contribution in [0.2, 0.25) is 0 Å². The third-order valence-electron chi connectivity index (χ3n) is 2.07. The summed E-state index contributed by atoms with van der Waals surface area (Å²) in [6, 6.07) is 4.88. The van der Waals surface area contributed by atoms with Crippen molar-refractivity contribution >= 4 is 21.4 Å². The molecule has 0 aliphatic carbocycles. The number of rotatable bonds is 0. The van der Waals surface area contributed by atoms with Gasteiger partial charge in [-0.3, -0.25) is 4.40 Å². The molecule has 6 heteroatoms. The lowest BCUT2D eigenvalue weighted by atomic mass is 10.3. The normalized spacial score (nSPS) is 12.3. The largest absolute Gasteiger partial charge is 0.450 e. The van der Waals surface area contributed by atoms with Gasteiger partial charge < -0.3 is 0 Å². The number of alkyl halides is 3. The Labute approximate surface area is 91.9 Å². The first-order valence-corrected chi connectivity index (χ1v) is 4.91. The van der Waals surface area contributed by atoms with E-state index in [-0.39, 0.29) is 4.60 Å². The van der Waals surface area contributed by atoms with Crippen molar-refractivity contribution in [2.24, 2.45) is 0 Å². The molecule has 2 aromatic rings. The Balaban J connectivity index is 2.88. The van der Waals surface area contributed by atoms with E-state index >= 15 is 0 Å². The highest BCUT2D eigenvalue weighted by Crippen LogP contribution is 2.32. The summed E-state index contributed by atoms with van der Waals surface area (Å²) in [4.78, 5) is 3.48.